The second-order valence-electron chi connectivity index (χ2n) is 10.0. The summed E-state index contributed by atoms with van der Waals surface area (Å²) in [5, 5.41) is 25.0. The maximum atomic E-state index is 13.6. The Morgan fingerprint density at radius 3 is 2.81 bits per heavy atom. The molecule has 2 aromatic rings. The number of likely N-dealkylation sites (tertiary alicyclic amines) is 1. The van der Waals surface area contributed by atoms with E-state index in [1.165, 1.54) is 0 Å². The van der Waals surface area contributed by atoms with Gasteiger partial charge in [-0.3, -0.25) is 19.2 Å². The highest BCUT2D eigenvalue weighted by molar-refractivity contribution is 6.02. The molecular formula is C26H29N5O5. The van der Waals surface area contributed by atoms with Crippen LogP contribution in [-0.4, -0.2) is 70.3 Å². The van der Waals surface area contributed by atoms with Crippen LogP contribution >= 0.6 is 0 Å². The number of nitriles is 1. The van der Waals surface area contributed by atoms with Crippen molar-refractivity contribution in [2.24, 2.45) is 17.8 Å². The number of fused-ring (bicyclic) bond motifs is 2. The Morgan fingerprint density at radius 2 is 2.08 bits per heavy atom. The number of ketones is 1. The molecule has 1 saturated carbocycles. The number of hydrogen-bond donors (Lipinski definition) is 4. The fourth-order valence-electron chi connectivity index (χ4n) is 6.17. The molecule has 10 heteroatoms. The molecule has 1 aromatic heterocycles. The lowest BCUT2D eigenvalue weighted by Gasteiger charge is -2.29. The van der Waals surface area contributed by atoms with Crippen LogP contribution in [0.4, 0.5) is 0 Å². The van der Waals surface area contributed by atoms with E-state index in [1.807, 2.05) is 0 Å². The van der Waals surface area contributed by atoms with Crippen molar-refractivity contribution in [3.8, 4) is 6.07 Å². The number of aliphatic hydroxyl groups is 1. The van der Waals surface area contributed by atoms with Crippen molar-refractivity contribution in [2.45, 2.75) is 44.2 Å². The third kappa shape index (κ3) is 4.24. The number of Topliss-reactive ketones (excluding diaryl/α,β-unsaturated/α-hetero) is 1. The molecule has 2 saturated heterocycles. The average Bonchev–Trinajstić information content (AvgIpc) is 3.66. The van der Waals surface area contributed by atoms with Gasteiger partial charge in [0.2, 0.25) is 11.8 Å². The molecule has 36 heavy (non-hydrogen) atoms. The van der Waals surface area contributed by atoms with Crippen molar-refractivity contribution in [3.63, 3.8) is 0 Å². The minimum atomic E-state index is -1.000. The van der Waals surface area contributed by atoms with E-state index in [0.717, 1.165) is 19.3 Å². The molecule has 188 valence electrons. The summed E-state index contributed by atoms with van der Waals surface area (Å²) in [6.07, 6.45) is 3.38. The number of aromatic amines is 1. The van der Waals surface area contributed by atoms with Gasteiger partial charge in [-0.1, -0.05) is 12.5 Å². The van der Waals surface area contributed by atoms with Gasteiger partial charge in [-0.2, -0.15) is 5.26 Å². The van der Waals surface area contributed by atoms with Crippen LogP contribution in [0.3, 0.4) is 0 Å². The maximum Gasteiger partial charge on any atom is 0.271 e. The predicted molar refractivity (Wildman–Crippen MR) is 128 cm³/mol. The van der Waals surface area contributed by atoms with E-state index in [2.05, 4.69) is 21.7 Å². The Hall–Kier alpha value is -3.71. The van der Waals surface area contributed by atoms with Crippen molar-refractivity contribution in [1.82, 2.24) is 20.5 Å². The lowest BCUT2D eigenvalue weighted by atomic mass is 9.92. The van der Waals surface area contributed by atoms with Crippen molar-refractivity contribution >= 4 is 34.4 Å². The first-order valence-corrected chi connectivity index (χ1v) is 12.5. The van der Waals surface area contributed by atoms with E-state index >= 15 is 0 Å². The first-order valence-electron chi connectivity index (χ1n) is 12.5. The molecule has 3 aliphatic rings. The van der Waals surface area contributed by atoms with Gasteiger partial charge < -0.3 is 25.6 Å². The zero-order valence-corrected chi connectivity index (χ0v) is 19.8. The number of hydrogen-bond acceptors (Lipinski definition) is 6. The molecule has 2 aliphatic heterocycles. The lowest BCUT2D eigenvalue weighted by molar-refractivity contribution is -0.133. The second-order valence-corrected chi connectivity index (χ2v) is 10.0. The first kappa shape index (κ1) is 24.0. The molecule has 1 aliphatic carbocycles. The summed E-state index contributed by atoms with van der Waals surface area (Å²) in [4.78, 5) is 56.4. The van der Waals surface area contributed by atoms with Crippen LogP contribution in [0.25, 0.3) is 10.9 Å². The zero-order chi connectivity index (χ0) is 25.4. The van der Waals surface area contributed by atoms with Gasteiger partial charge >= 0.3 is 0 Å². The summed E-state index contributed by atoms with van der Waals surface area (Å²) in [5.41, 5.74) is 1.43. The molecule has 0 radical (unpaired) electrons. The molecule has 10 nitrogen and oxygen atoms in total. The summed E-state index contributed by atoms with van der Waals surface area (Å²) in [6.45, 7) is 0.213. The largest absolute Gasteiger partial charge is 0.389 e. The third-order valence-corrected chi connectivity index (χ3v) is 7.98. The molecule has 5 rings (SSSR count). The molecule has 5 unspecified atom stereocenters. The van der Waals surface area contributed by atoms with E-state index in [-0.39, 0.29) is 30.1 Å². The van der Waals surface area contributed by atoms with Gasteiger partial charge in [-0.15, -0.1) is 0 Å². The van der Waals surface area contributed by atoms with Gasteiger partial charge in [0.25, 0.3) is 5.91 Å². The monoisotopic (exact) mass is 491 g/mol. The Morgan fingerprint density at radius 1 is 1.25 bits per heavy atom. The van der Waals surface area contributed by atoms with Gasteiger partial charge in [0.05, 0.1) is 17.7 Å². The first-order chi connectivity index (χ1) is 17.4. The van der Waals surface area contributed by atoms with Crippen LogP contribution in [0.15, 0.2) is 24.3 Å². The van der Waals surface area contributed by atoms with Crippen LogP contribution in [0.1, 0.15) is 48.2 Å². The minimum Gasteiger partial charge on any atom is -0.389 e. The molecule has 0 bridgehead atoms. The number of nitrogens with zero attached hydrogens (tertiary/aromatic N) is 2. The van der Waals surface area contributed by atoms with Crippen LogP contribution in [0.2, 0.25) is 0 Å². The fraction of sp³-hybridized carbons (Fsp3) is 0.500. The summed E-state index contributed by atoms with van der Waals surface area (Å²) in [6, 6.07) is 7.25. The lowest BCUT2D eigenvalue weighted by Crippen LogP contribution is -2.53. The van der Waals surface area contributed by atoms with Crippen LogP contribution in [-0.2, 0) is 14.4 Å². The van der Waals surface area contributed by atoms with Gasteiger partial charge in [0.15, 0.2) is 5.78 Å². The quantitative estimate of drug-likeness (QED) is 0.450. The topological polar surface area (TPSA) is 155 Å². The molecule has 1 aromatic carbocycles. The molecule has 3 heterocycles. The van der Waals surface area contributed by atoms with E-state index < -0.39 is 36.3 Å². The SMILES string of the molecule is N#Cc1cccc2[nH]c(C(=O)N3CC4CCCC4C3C(=O)NC(CC3CCNC3=O)C(=O)CO)cc12. The Bertz CT molecular complexity index is 1260. The number of amides is 3. The van der Waals surface area contributed by atoms with Gasteiger partial charge in [-0.05, 0) is 55.7 Å². The number of carbonyl (C=O) groups excluding carboxylic acids is 4. The third-order valence-electron chi connectivity index (χ3n) is 7.98. The van der Waals surface area contributed by atoms with E-state index in [1.54, 1.807) is 29.2 Å². The summed E-state index contributed by atoms with van der Waals surface area (Å²) < 4.78 is 0. The predicted octanol–water partition coefficient (Wildman–Crippen LogP) is 0.853. The minimum absolute atomic E-state index is 0.0207. The highest BCUT2D eigenvalue weighted by atomic mass is 16.3. The Labute approximate surface area is 208 Å². The molecule has 5 atom stereocenters. The number of H-pyrrole nitrogens is 1. The van der Waals surface area contributed by atoms with Crippen LogP contribution < -0.4 is 10.6 Å². The highest BCUT2D eigenvalue weighted by Crippen LogP contribution is 2.43. The van der Waals surface area contributed by atoms with E-state index in [9.17, 15) is 29.5 Å². The van der Waals surface area contributed by atoms with Crippen LogP contribution in [0, 0.1) is 29.1 Å². The molecule has 0 spiro atoms. The molecule has 3 amide bonds. The Kier molecular flexibility index (Phi) is 6.49. The van der Waals surface area contributed by atoms with Gasteiger partial charge in [0, 0.05) is 29.9 Å². The average molecular weight is 492 g/mol. The van der Waals surface area contributed by atoms with Gasteiger partial charge in [0.1, 0.15) is 18.3 Å². The second kappa shape index (κ2) is 9.74. The van der Waals surface area contributed by atoms with Crippen molar-refractivity contribution < 1.29 is 24.3 Å². The maximum absolute atomic E-state index is 13.6. The summed E-state index contributed by atoms with van der Waals surface area (Å²) >= 11 is 0. The number of benzene rings is 1. The number of nitrogens with one attached hydrogen (secondary N) is 3. The van der Waals surface area contributed by atoms with E-state index in [4.69, 9.17) is 0 Å². The summed E-state index contributed by atoms with van der Waals surface area (Å²) in [7, 11) is 0. The van der Waals surface area contributed by atoms with Crippen molar-refractivity contribution in [2.75, 3.05) is 19.7 Å². The van der Waals surface area contributed by atoms with Gasteiger partial charge in [-0.25, -0.2) is 0 Å². The number of carbonyl (C=O) groups is 4. The summed E-state index contributed by atoms with van der Waals surface area (Å²) in [5.74, 6) is -1.72. The zero-order valence-electron chi connectivity index (χ0n) is 19.8. The number of aromatic nitrogens is 1. The fourth-order valence-corrected chi connectivity index (χ4v) is 6.17. The molecule has 4 N–H and O–H groups in total. The smallest absolute Gasteiger partial charge is 0.271 e. The van der Waals surface area contributed by atoms with Crippen molar-refractivity contribution in [3.05, 3.63) is 35.5 Å². The Balaban J connectivity index is 1.40. The number of rotatable bonds is 7. The van der Waals surface area contributed by atoms with Crippen molar-refractivity contribution in [1.29, 1.82) is 5.26 Å². The normalized spacial score (nSPS) is 25.9. The van der Waals surface area contributed by atoms with Crippen LogP contribution in [0.5, 0.6) is 0 Å². The van der Waals surface area contributed by atoms with E-state index in [0.29, 0.717) is 41.7 Å². The number of aliphatic hydroxyl groups excluding tert-OH is 1. The molecule has 3 fully saturated rings. The molecular weight excluding hydrogens is 462 g/mol. The standard InChI is InChI=1S/C26H29N5O5/c27-11-15-3-2-6-19-18(15)10-21(29-19)26(36)31-12-16-4-1-5-17(16)23(31)25(35)30-20(22(33)13-32)9-14-7-8-28-24(14)34/h2-3,6,10,14,16-17,20,23,29,32H,1,4-5,7-9,12-13H2,(H,28,34)(H,30,35). The highest BCUT2D eigenvalue weighted by Gasteiger charge is 2.50.